The van der Waals surface area contributed by atoms with E-state index in [0.717, 1.165) is 130 Å². The van der Waals surface area contributed by atoms with Gasteiger partial charge in [-0.2, -0.15) is 0 Å². The van der Waals surface area contributed by atoms with Crippen molar-refractivity contribution >= 4 is 39.9 Å². The zero-order chi connectivity index (χ0) is 31.9. The minimum atomic E-state index is -1.44. The molecule has 0 amide bonds. The van der Waals surface area contributed by atoms with Gasteiger partial charge < -0.3 is 19.3 Å². The molecule has 0 fully saturated rings. The summed E-state index contributed by atoms with van der Waals surface area (Å²) in [4.78, 5) is 17.8. The van der Waals surface area contributed by atoms with E-state index in [-0.39, 0.29) is 5.97 Å². The minimum absolute atomic E-state index is 0.180. The third-order valence-corrected chi connectivity index (χ3v) is 13.3. The van der Waals surface area contributed by atoms with E-state index in [4.69, 9.17) is 21.1 Å². The highest BCUT2D eigenvalue weighted by Crippen LogP contribution is 2.63. The summed E-state index contributed by atoms with van der Waals surface area (Å²) in [6.45, 7) is 5.00. The van der Waals surface area contributed by atoms with Gasteiger partial charge in [0.2, 0.25) is 0 Å². The lowest BCUT2D eigenvalue weighted by atomic mass is 9.70. The molecule has 7 nitrogen and oxygen atoms in total. The molecule has 6 heterocycles. The molecule has 0 radical (unpaired) electrons. The summed E-state index contributed by atoms with van der Waals surface area (Å²) in [5.74, 6) is 1.80. The summed E-state index contributed by atoms with van der Waals surface area (Å²) in [6.07, 6.45) is 11.4. The first-order valence-corrected chi connectivity index (χ1v) is 19.1. The Labute approximate surface area is 284 Å². The predicted octanol–water partition coefficient (Wildman–Crippen LogP) is 7.21. The molecule has 1 atom stereocenters. The summed E-state index contributed by atoms with van der Waals surface area (Å²) in [5, 5.41) is 0.604. The first kappa shape index (κ1) is 30.0. The summed E-state index contributed by atoms with van der Waals surface area (Å²) >= 11 is 6.65. The number of nitrogens with zero attached hydrogens (tertiary/aromatic N) is 3. The molecule has 3 aromatic carbocycles. The molecule has 3 aromatic rings. The van der Waals surface area contributed by atoms with Crippen molar-refractivity contribution in [3.63, 3.8) is 0 Å². The van der Waals surface area contributed by atoms with Crippen LogP contribution >= 0.6 is 11.6 Å². The van der Waals surface area contributed by atoms with E-state index in [1.807, 2.05) is 12.1 Å². The fraction of sp³-hybridized carbons (Fsp3) is 0.500. The number of unbranched alkanes of at least 4 members (excludes halogenated alkanes) is 2. The van der Waals surface area contributed by atoms with Crippen LogP contribution in [0.25, 0.3) is 0 Å². The highest BCUT2D eigenvalue weighted by atomic mass is 35.5. The lowest BCUT2D eigenvalue weighted by Gasteiger charge is -2.48. The molecular weight excluding hydrogens is 630 g/mol. The fourth-order valence-corrected chi connectivity index (χ4v) is 11.6. The molecule has 6 aliphatic heterocycles. The maximum atomic E-state index is 14.9. The molecule has 0 saturated carbocycles. The molecule has 1 spiro atoms. The molecule has 1 unspecified atom stereocenters. The van der Waals surface area contributed by atoms with Gasteiger partial charge in [0.15, 0.2) is 0 Å². The molecule has 6 aliphatic rings. The zero-order valence-corrected chi connectivity index (χ0v) is 28.7. The molecule has 47 heavy (non-hydrogen) atoms. The van der Waals surface area contributed by atoms with E-state index >= 15 is 0 Å². The van der Waals surface area contributed by atoms with E-state index in [1.54, 1.807) is 0 Å². The second-order valence-electron chi connectivity index (χ2n) is 14.1. The van der Waals surface area contributed by atoms with Crippen LogP contribution < -0.4 is 14.5 Å². The van der Waals surface area contributed by atoms with Crippen molar-refractivity contribution < 1.29 is 18.5 Å². The summed E-state index contributed by atoms with van der Waals surface area (Å²) in [5.41, 5.74) is 10.8. The molecule has 246 valence electrons. The number of aryl methyl sites for hydroxylation is 2. The lowest BCUT2D eigenvalue weighted by molar-refractivity contribution is -0.140. The number of benzene rings is 3. The van der Waals surface area contributed by atoms with Crippen LogP contribution in [0.4, 0.5) is 11.4 Å². The largest absolute Gasteiger partial charge is 0.469 e. The topological polar surface area (TPSA) is 62.3 Å². The minimum Gasteiger partial charge on any atom is -0.469 e. The molecular formula is C38H42ClN3O4S. The van der Waals surface area contributed by atoms with E-state index in [9.17, 15) is 9.00 Å². The van der Waals surface area contributed by atoms with Gasteiger partial charge in [-0.3, -0.25) is 4.79 Å². The number of hydrogen-bond donors (Lipinski definition) is 0. The molecule has 0 aliphatic carbocycles. The molecule has 0 saturated heterocycles. The summed E-state index contributed by atoms with van der Waals surface area (Å²) < 4.78 is 29.4. The SMILES string of the molecule is COC(=O)CCCCCN1S(=O)c2cc(Cl)ccc2C12c1cc3c4c(c1Oc1c2cc2c5c1CCCN5CCC2)CCCN4CCC3. The lowest BCUT2D eigenvalue weighted by Crippen LogP contribution is -2.48. The van der Waals surface area contributed by atoms with Crippen molar-refractivity contribution in [2.75, 3.05) is 49.6 Å². The summed E-state index contributed by atoms with van der Waals surface area (Å²) in [6, 6.07) is 10.9. The van der Waals surface area contributed by atoms with E-state index in [2.05, 4.69) is 32.3 Å². The van der Waals surface area contributed by atoms with Gasteiger partial charge in [-0.25, -0.2) is 8.51 Å². The van der Waals surface area contributed by atoms with Crippen molar-refractivity contribution in [1.82, 2.24) is 4.31 Å². The number of fused-ring (bicyclic) bond motifs is 8. The Morgan fingerprint density at radius 3 is 2.02 bits per heavy atom. The van der Waals surface area contributed by atoms with E-state index in [1.165, 1.54) is 40.7 Å². The quantitative estimate of drug-likeness (QED) is 0.204. The maximum Gasteiger partial charge on any atom is 0.305 e. The smallest absolute Gasteiger partial charge is 0.305 e. The Balaban J connectivity index is 1.31. The van der Waals surface area contributed by atoms with Crippen molar-refractivity contribution in [3.05, 3.63) is 74.3 Å². The van der Waals surface area contributed by atoms with Gasteiger partial charge in [0.05, 0.1) is 12.0 Å². The maximum absolute atomic E-state index is 14.9. The molecule has 9 rings (SSSR count). The molecule has 0 N–H and O–H groups in total. The highest BCUT2D eigenvalue weighted by molar-refractivity contribution is 7.83. The number of anilines is 2. The Bertz CT molecular complexity index is 1760. The Morgan fingerprint density at radius 2 is 1.43 bits per heavy atom. The highest BCUT2D eigenvalue weighted by Gasteiger charge is 2.58. The first-order valence-electron chi connectivity index (χ1n) is 17.6. The number of rotatable bonds is 6. The van der Waals surface area contributed by atoms with Crippen molar-refractivity contribution in [3.8, 4) is 11.5 Å². The number of ether oxygens (including phenoxy) is 2. The van der Waals surface area contributed by atoms with Crippen molar-refractivity contribution in [2.24, 2.45) is 0 Å². The second kappa shape index (κ2) is 11.5. The van der Waals surface area contributed by atoms with Gasteiger partial charge in [0, 0.05) is 83.4 Å². The molecule has 9 heteroatoms. The van der Waals surface area contributed by atoms with Crippen LogP contribution in [0.1, 0.15) is 90.3 Å². The van der Waals surface area contributed by atoms with Crippen LogP contribution in [0, 0.1) is 0 Å². The van der Waals surface area contributed by atoms with Crippen LogP contribution in [0.3, 0.4) is 0 Å². The number of carbonyl (C=O) groups is 1. The van der Waals surface area contributed by atoms with E-state index < -0.39 is 16.5 Å². The number of methoxy groups -OCH3 is 1. The zero-order valence-electron chi connectivity index (χ0n) is 27.2. The Hall–Kier alpha value is -3.07. The molecule has 0 bridgehead atoms. The Morgan fingerprint density at radius 1 is 0.830 bits per heavy atom. The van der Waals surface area contributed by atoms with Gasteiger partial charge >= 0.3 is 5.97 Å². The standard InChI is InChI=1S/C38H42ClN3O4S/c1-45-33(43)13-3-2-4-20-42-38(29-15-14-26(39)23-32(29)47(42)44)30-21-24-9-5-16-40-18-7-11-27(34(24)40)36(30)46-37-28-12-8-19-41-17-6-10-25(35(28)41)22-31(37)38/h14-15,21-23H,2-13,16-20H2,1H3. The third-order valence-electron chi connectivity index (χ3n) is 11.5. The normalized spacial score (nSPS) is 21.4. The number of hydrogen-bond acceptors (Lipinski definition) is 6. The van der Waals surface area contributed by atoms with Crippen LogP contribution in [-0.4, -0.2) is 54.3 Å². The van der Waals surface area contributed by atoms with Crippen LogP contribution in [0.15, 0.2) is 35.2 Å². The van der Waals surface area contributed by atoms with Gasteiger partial charge in [0.25, 0.3) is 0 Å². The van der Waals surface area contributed by atoms with Crippen LogP contribution in [0.5, 0.6) is 11.5 Å². The molecule has 0 aromatic heterocycles. The van der Waals surface area contributed by atoms with Gasteiger partial charge in [-0.1, -0.05) is 24.1 Å². The number of carbonyl (C=O) groups excluding carboxylic acids is 1. The van der Waals surface area contributed by atoms with Crippen molar-refractivity contribution in [2.45, 2.75) is 87.5 Å². The summed E-state index contributed by atoms with van der Waals surface area (Å²) in [7, 11) is 0.00401. The monoisotopic (exact) mass is 671 g/mol. The van der Waals surface area contributed by atoms with Crippen LogP contribution in [-0.2, 0) is 51.7 Å². The van der Waals surface area contributed by atoms with Crippen molar-refractivity contribution in [1.29, 1.82) is 0 Å². The van der Waals surface area contributed by atoms with Gasteiger partial charge in [-0.15, -0.1) is 0 Å². The second-order valence-corrected chi connectivity index (χ2v) is 15.9. The van der Waals surface area contributed by atoms with Gasteiger partial charge in [0.1, 0.15) is 28.0 Å². The van der Waals surface area contributed by atoms with Crippen LogP contribution in [0.2, 0.25) is 5.02 Å². The first-order chi connectivity index (χ1) is 23.0. The number of esters is 1. The third kappa shape index (κ3) is 4.39. The average molecular weight is 672 g/mol. The average Bonchev–Trinajstić information content (AvgIpc) is 3.33. The van der Waals surface area contributed by atoms with E-state index in [0.29, 0.717) is 18.0 Å². The number of halogens is 1. The Kier molecular flexibility index (Phi) is 7.36. The van der Waals surface area contributed by atoms with Gasteiger partial charge in [-0.05, 0) is 99.6 Å². The predicted molar refractivity (Wildman–Crippen MR) is 186 cm³/mol. The fourth-order valence-electron chi connectivity index (χ4n) is 9.61.